The summed E-state index contributed by atoms with van der Waals surface area (Å²) in [5, 5.41) is 31.4. The average molecular weight is 1060 g/mol. The van der Waals surface area contributed by atoms with Crippen molar-refractivity contribution in [3.8, 4) is 11.1 Å². The maximum absolute atomic E-state index is 15.4. The molecule has 0 saturated carbocycles. The van der Waals surface area contributed by atoms with Crippen LogP contribution in [0.4, 0.5) is 13.6 Å². The number of aliphatic carboxylic acids is 1. The van der Waals surface area contributed by atoms with E-state index in [0.717, 1.165) is 23.8 Å². The molecule has 4 atom stereocenters. The first-order valence-electron chi connectivity index (χ1n) is 24.8. The number of rotatable bonds is 28. The molecule has 22 heteroatoms. The summed E-state index contributed by atoms with van der Waals surface area (Å²) in [6.45, 7) is 8.91. The van der Waals surface area contributed by atoms with Gasteiger partial charge in [-0.15, -0.1) is 0 Å². The number of nitrogens with two attached hydrogens (primary N) is 1. The van der Waals surface area contributed by atoms with Gasteiger partial charge >= 0.3 is 12.1 Å². The third-order valence-electron chi connectivity index (χ3n) is 11.5. The number of benzene rings is 3. The highest BCUT2D eigenvalue weighted by Gasteiger charge is 2.38. The van der Waals surface area contributed by atoms with Crippen molar-refractivity contribution in [1.82, 2.24) is 36.1 Å². The van der Waals surface area contributed by atoms with E-state index in [1.54, 1.807) is 47.2 Å². The number of carboxylic acids is 1. The maximum atomic E-state index is 15.4. The average Bonchev–Trinajstić information content (AvgIpc) is 3.78. The second kappa shape index (κ2) is 31.0. The van der Waals surface area contributed by atoms with Crippen molar-refractivity contribution in [3.63, 3.8) is 0 Å². The Kier molecular flexibility index (Phi) is 25.4. The molecule has 0 bridgehead atoms. The first kappa shape index (κ1) is 62.3. The lowest BCUT2D eigenvalue weighted by Crippen LogP contribution is -2.57. The fourth-order valence-electron chi connectivity index (χ4n) is 7.84. The molecule has 0 aliphatic carbocycles. The molecule has 4 rings (SSSR count). The predicted octanol–water partition coefficient (Wildman–Crippen LogP) is 4.41. The van der Waals surface area contributed by atoms with Crippen molar-refractivity contribution in [2.24, 2.45) is 11.1 Å². The molecule has 412 valence electrons. The Morgan fingerprint density at radius 2 is 1.41 bits per heavy atom. The topological polar surface area (TPSA) is 298 Å². The standard InChI is InChI=1S/C52H64F2N8O12.C2H6/c1-32(58-51(73)74-31-34-14-9-6-10-15-34)48(70)60-41(26-43(55)65)50(72)59-40(49(71)56-22-11-16-37(64)27-57-44(66)19-20-46(68)69)21-23-62(45(67)30-63)47(52(2,3)4)42-24-35(38-25-36(53)17-18-39(38)54)29-61(42)28-33-12-7-5-8-13-33;1-2/h5-10,12-15,17-18,24-25,29,32,40-41,47,63H,11,16,19-23,26-28,30-31H2,1-4H3,(H2,55,65)(H,56,71)(H,57,66)(H,58,73)(H,59,72)(H,60,70)(H,68,69);1-2H3/t32-,40-,41-,47-;/m0./s1. The van der Waals surface area contributed by atoms with Gasteiger partial charge in [0.15, 0.2) is 5.78 Å². The highest BCUT2D eigenvalue weighted by molar-refractivity contribution is 5.96. The third-order valence-corrected chi connectivity index (χ3v) is 11.5. The summed E-state index contributed by atoms with van der Waals surface area (Å²) in [6.07, 6.45) is -1.33. The van der Waals surface area contributed by atoms with Gasteiger partial charge in [-0.2, -0.15) is 0 Å². The SMILES string of the molecule is CC.C[C@H](NC(=O)OCc1ccccc1)C(=O)N[C@@H](CC(N)=O)C(=O)N[C@@H](CCN(C(=O)CO)[C@@H](c1cc(-c2cc(F)ccc2F)cn1Cc1ccccc1)C(C)(C)C)C(=O)NCCCC(=O)CNC(=O)CCC(=O)O. The molecule has 0 fully saturated rings. The second-order valence-corrected chi connectivity index (χ2v) is 18.5. The first-order valence-corrected chi connectivity index (χ1v) is 24.8. The number of halogens is 2. The van der Waals surface area contributed by atoms with Gasteiger partial charge in [0.25, 0.3) is 0 Å². The van der Waals surface area contributed by atoms with E-state index >= 15 is 4.39 Å². The molecular formula is C54H70F2N8O12. The number of nitrogens with zero attached hydrogens (tertiary/aromatic N) is 2. The lowest BCUT2D eigenvalue weighted by molar-refractivity contribution is -0.140. The fraction of sp³-hybridized carbons (Fsp3) is 0.426. The Morgan fingerprint density at radius 1 is 0.776 bits per heavy atom. The molecule has 9 N–H and O–H groups in total. The molecule has 3 aromatic carbocycles. The van der Waals surface area contributed by atoms with Crippen LogP contribution in [0.15, 0.2) is 91.1 Å². The Bertz CT molecular complexity index is 2610. The maximum Gasteiger partial charge on any atom is 0.408 e. The van der Waals surface area contributed by atoms with Crippen LogP contribution in [0.25, 0.3) is 11.1 Å². The number of alkyl carbamates (subject to hydrolysis) is 1. The van der Waals surface area contributed by atoms with Crippen molar-refractivity contribution in [1.29, 1.82) is 0 Å². The molecule has 0 aliphatic heterocycles. The molecule has 0 aliphatic rings. The Labute approximate surface area is 440 Å². The Balaban J connectivity index is 0.00000751. The van der Waals surface area contributed by atoms with Gasteiger partial charge in [0, 0.05) is 55.5 Å². The van der Waals surface area contributed by atoms with Gasteiger partial charge in [0.2, 0.25) is 35.4 Å². The van der Waals surface area contributed by atoms with E-state index in [-0.39, 0.29) is 63.1 Å². The number of aliphatic hydroxyl groups excluding tert-OH is 1. The lowest BCUT2D eigenvalue weighted by atomic mass is 9.82. The zero-order valence-electron chi connectivity index (χ0n) is 43.7. The Morgan fingerprint density at radius 3 is 2.01 bits per heavy atom. The molecule has 76 heavy (non-hydrogen) atoms. The van der Waals surface area contributed by atoms with Crippen LogP contribution in [-0.2, 0) is 56.2 Å². The zero-order valence-corrected chi connectivity index (χ0v) is 43.7. The van der Waals surface area contributed by atoms with Gasteiger partial charge in [-0.1, -0.05) is 95.3 Å². The molecule has 1 aromatic heterocycles. The number of ether oxygens (including phenoxy) is 1. The van der Waals surface area contributed by atoms with E-state index in [9.17, 15) is 52.6 Å². The van der Waals surface area contributed by atoms with Crippen LogP contribution in [0.2, 0.25) is 0 Å². The number of carbonyl (C=O) groups is 9. The number of primary amides is 1. The molecule has 0 spiro atoms. The second-order valence-electron chi connectivity index (χ2n) is 18.5. The molecule has 0 unspecified atom stereocenters. The summed E-state index contributed by atoms with van der Waals surface area (Å²) >= 11 is 0. The summed E-state index contributed by atoms with van der Waals surface area (Å²) in [6, 6.07) is 17.0. The number of hydrogen-bond acceptors (Lipinski definition) is 11. The fourth-order valence-corrected chi connectivity index (χ4v) is 7.84. The van der Waals surface area contributed by atoms with Crippen LogP contribution in [0, 0.1) is 17.0 Å². The number of amides is 7. The monoisotopic (exact) mass is 1060 g/mol. The van der Waals surface area contributed by atoms with Crippen LogP contribution in [0.1, 0.15) is 103 Å². The molecule has 1 heterocycles. The number of hydrogen-bond donors (Lipinski definition) is 8. The van der Waals surface area contributed by atoms with Crippen LogP contribution < -0.4 is 32.3 Å². The van der Waals surface area contributed by atoms with E-state index in [0.29, 0.717) is 11.3 Å². The molecular weight excluding hydrogens is 991 g/mol. The minimum absolute atomic E-state index is 0.0448. The van der Waals surface area contributed by atoms with Crippen molar-refractivity contribution >= 4 is 53.3 Å². The quantitative estimate of drug-likeness (QED) is 0.0367. The molecule has 20 nitrogen and oxygen atoms in total. The normalized spacial score (nSPS) is 12.5. The number of ketones is 1. The summed E-state index contributed by atoms with van der Waals surface area (Å²) in [4.78, 5) is 117. The van der Waals surface area contributed by atoms with Crippen molar-refractivity contribution in [2.75, 3.05) is 26.2 Å². The molecule has 4 aromatic rings. The van der Waals surface area contributed by atoms with Gasteiger partial charge in [-0.3, -0.25) is 38.4 Å². The van der Waals surface area contributed by atoms with Crippen LogP contribution in [0.5, 0.6) is 0 Å². The van der Waals surface area contributed by atoms with Crippen molar-refractivity contribution in [2.45, 2.75) is 117 Å². The third kappa shape index (κ3) is 20.7. The lowest BCUT2D eigenvalue weighted by Gasteiger charge is -2.41. The minimum Gasteiger partial charge on any atom is -0.481 e. The van der Waals surface area contributed by atoms with Crippen LogP contribution in [0.3, 0.4) is 0 Å². The van der Waals surface area contributed by atoms with Gasteiger partial charge in [0.1, 0.15) is 43.0 Å². The molecule has 0 radical (unpaired) electrons. The number of Topliss-reactive ketones (excluding diaryl/α,β-unsaturated/α-hetero) is 1. The van der Waals surface area contributed by atoms with Crippen LogP contribution >= 0.6 is 0 Å². The number of aromatic nitrogens is 1. The number of carbonyl (C=O) groups excluding carboxylic acids is 8. The summed E-state index contributed by atoms with van der Waals surface area (Å²) in [7, 11) is 0. The summed E-state index contributed by atoms with van der Waals surface area (Å²) < 4.78 is 36.9. The van der Waals surface area contributed by atoms with E-state index in [2.05, 4.69) is 26.6 Å². The highest BCUT2D eigenvalue weighted by atomic mass is 19.1. The predicted molar refractivity (Wildman–Crippen MR) is 276 cm³/mol. The van der Waals surface area contributed by atoms with Gasteiger partial charge in [-0.05, 0) is 60.6 Å². The van der Waals surface area contributed by atoms with Crippen molar-refractivity contribution in [3.05, 3.63) is 120 Å². The molecule has 7 amide bonds. The highest BCUT2D eigenvalue weighted by Crippen LogP contribution is 2.41. The summed E-state index contributed by atoms with van der Waals surface area (Å²) in [5.41, 5.74) is 6.75. The Hall–Kier alpha value is -8.01. The van der Waals surface area contributed by atoms with Gasteiger partial charge in [-0.25, -0.2) is 13.6 Å². The van der Waals surface area contributed by atoms with Crippen molar-refractivity contribution < 1.29 is 66.9 Å². The van der Waals surface area contributed by atoms with E-state index < -0.39 is 120 Å². The molecule has 0 saturated heterocycles. The van der Waals surface area contributed by atoms with Gasteiger partial charge < -0.3 is 56.7 Å². The summed E-state index contributed by atoms with van der Waals surface area (Å²) in [5.74, 6) is -8.34. The smallest absolute Gasteiger partial charge is 0.408 e. The number of carboxylic acid groups (broad SMARTS) is 1. The van der Waals surface area contributed by atoms with Crippen LogP contribution in [-0.4, -0.2) is 117 Å². The largest absolute Gasteiger partial charge is 0.481 e. The zero-order chi connectivity index (χ0) is 56.5. The minimum atomic E-state index is -1.70. The van der Waals surface area contributed by atoms with Gasteiger partial charge in [0.05, 0.1) is 25.4 Å². The number of aliphatic hydroxyl groups is 1. The number of nitrogens with one attached hydrogen (secondary N) is 5. The van der Waals surface area contributed by atoms with E-state index in [1.807, 2.05) is 65.0 Å². The van der Waals surface area contributed by atoms with E-state index in [4.69, 9.17) is 15.6 Å². The van der Waals surface area contributed by atoms with E-state index in [1.165, 1.54) is 11.8 Å². The first-order chi connectivity index (χ1) is 36.1.